The van der Waals surface area contributed by atoms with Crippen LogP contribution in [0.5, 0.6) is 5.75 Å². The van der Waals surface area contributed by atoms with Crippen molar-refractivity contribution >= 4 is 0 Å². The fraction of sp³-hybridized carbons (Fsp3) is 0.182. The molecule has 0 atom stereocenters. The standard InChI is InChI=1S/C22H23NO2/c1-25-21-15-9-8-10-18(21)16-23-17-22(24,19-11-4-2-5-12-19)20-13-6-3-7-14-20/h2-15,23-24H,16-17H2,1H3/p+1. The molecule has 3 aromatic carbocycles. The van der Waals surface area contributed by atoms with Crippen molar-refractivity contribution < 1.29 is 15.2 Å². The van der Waals surface area contributed by atoms with Gasteiger partial charge in [-0.2, -0.15) is 0 Å². The van der Waals surface area contributed by atoms with Gasteiger partial charge in [0.05, 0.1) is 7.11 Å². The number of methoxy groups -OCH3 is 1. The molecule has 3 heteroatoms. The van der Waals surface area contributed by atoms with Gasteiger partial charge in [-0.3, -0.25) is 0 Å². The number of hydrogen-bond acceptors (Lipinski definition) is 2. The summed E-state index contributed by atoms with van der Waals surface area (Å²) in [6, 6.07) is 27.7. The van der Waals surface area contributed by atoms with Crippen LogP contribution < -0.4 is 10.1 Å². The summed E-state index contributed by atoms with van der Waals surface area (Å²) in [4.78, 5) is 0. The Bertz CT molecular complexity index is 748. The minimum Gasteiger partial charge on any atom is -0.496 e. The summed E-state index contributed by atoms with van der Waals surface area (Å²) in [5.74, 6) is 0.877. The van der Waals surface area contributed by atoms with E-state index in [1.165, 1.54) is 0 Å². The maximum atomic E-state index is 11.5. The number of hydrogen-bond donors (Lipinski definition) is 2. The van der Waals surface area contributed by atoms with E-state index in [-0.39, 0.29) is 0 Å². The Morgan fingerprint density at radius 2 is 1.32 bits per heavy atom. The molecule has 0 unspecified atom stereocenters. The van der Waals surface area contributed by atoms with Crippen LogP contribution in [0.15, 0.2) is 84.9 Å². The molecule has 3 aromatic rings. The molecule has 128 valence electrons. The van der Waals surface area contributed by atoms with Crippen molar-refractivity contribution in [3.8, 4) is 5.75 Å². The van der Waals surface area contributed by atoms with E-state index in [9.17, 15) is 5.11 Å². The number of rotatable bonds is 7. The quantitative estimate of drug-likeness (QED) is 0.698. The molecule has 3 N–H and O–H groups in total. The highest BCUT2D eigenvalue weighted by atomic mass is 16.5. The Kier molecular flexibility index (Phi) is 5.49. The summed E-state index contributed by atoms with van der Waals surface area (Å²) < 4.78 is 5.41. The SMILES string of the molecule is COc1ccccc1C[NH2+]CC(O)(c1ccccc1)c1ccccc1. The number of quaternary nitrogens is 1. The molecule has 0 heterocycles. The van der Waals surface area contributed by atoms with Gasteiger partial charge in [-0.1, -0.05) is 72.8 Å². The van der Waals surface area contributed by atoms with E-state index in [4.69, 9.17) is 4.74 Å². The molecule has 0 aliphatic rings. The second kappa shape index (κ2) is 7.97. The normalized spacial score (nSPS) is 11.3. The molecule has 0 aromatic heterocycles. The van der Waals surface area contributed by atoms with Gasteiger partial charge in [0.2, 0.25) is 0 Å². The van der Waals surface area contributed by atoms with E-state index in [0.717, 1.165) is 29.0 Å². The molecule has 0 aliphatic carbocycles. The lowest BCUT2D eigenvalue weighted by molar-refractivity contribution is -0.682. The lowest BCUT2D eigenvalue weighted by Crippen LogP contribution is -2.86. The summed E-state index contributed by atoms with van der Waals surface area (Å²) >= 11 is 0. The van der Waals surface area contributed by atoms with Gasteiger partial charge in [-0.25, -0.2) is 0 Å². The molecular weight excluding hydrogens is 310 g/mol. The molecule has 0 fully saturated rings. The van der Waals surface area contributed by atoms with Crippen LogP contribution in [0.2, 0.25) is 0 Å². The summed E-state index contributed by atoms with van der Waals surface area (Å²) in [6.07, 6.45) is 0. The first-order chi connectivity index (χ1) is 12.2. The van der Waals surface area contributed by atoms with Crippen molar-refractivity contribution in [3.63, 3.8) is 0 Å². The summed E-state index contributed by atoms with van der Waals surface area (Å²) in [6.45, 7) is 1.27. The lowest BCUT2D eigenvalue weighted by atomic mass is 9.86. The molecule has 0 aliphatic heterocycles. The van der Waals surface area contributed by atoms with Gasteiger partial charge < -0.3 is 15.2 Å². The molecule has 0 saturated heterocycles. The molecule has 0 spiro atoms. The zero-order chi connectivity index (χ0) is 17.5. The van der Waals surface area contributed by atoms with E-state index in [1.807, 2.05) is 78.9 Å². The first-order valence-corrected chi connectivity index (χ1v) is 8.51. The number of benzene rings is 3. The predicted octanol–water partition coefficient (Wildman–Crippen LogP) is 2.69. The van der Waals surface area contributed by atoms with Crippen molar-refractivity contribution in [1.29, 1.82) is 0 Å². The highest BCUT2D eigenvalue weighted by molar-refractivity contribution is 5.36. The lowest BCUT2D eigenvalue weighted by Gasteiger charge is -2.27. The van der Waals surface area contributed by atoms with Crippen LogP contribution >= 0.6 is 0 Å². The van der Waals surface area contributed by atoms with Crippen molar-refractivity contribution in [2.45, 2.75) is 12.1 Å². The Hall–Kier alpha value is -2.62. The first-order valence-electron chi connectivity index (χ1n) is 8.51. The van der Waals surface area contributed by atoms with Crippen molar-refractivity contribution in [1.82, 2.24) is 0 Å². The average Bonchev–Trinajstić information content (AvgIpc) is 2.69. The van der Waals surface area contributed by atoms with E-state index in [2.05, 4.69) is 11.4 Å². The van der Waals surface area contributed by atoms with Crippen molar-refractivity contribution in [3.05, 3.63) is 102 Å². The topological polar surface area (TPSA) is 46.1 Å². The highest BCUT2D eigenvalue weighted by Gasteiger charge is 2.33. The van der Waals surface area contributed by atoms with Crippen LogP contribution in [0.4, 0.5) is 0 Å². The molecule has 3 rings (SSSR count). The maximum absolute atomic E-state index is 11.5. The van der Waals surface area contributed by atoms with Crippen molar-refractivity contribution in [2.24, 2.45) is 0 Å². The van der Waals surface area contributed by atoms with Crippen LogP contribution in [-0.2, 0) is 12.1 Å². The van der Waals surface area contributed by atoms with Crippen LogP contribution in [0, 0.1) is 0 Å². The minimum atomic E-state index is -1.04. The van der Waals surface area contributed by atoms with Crippen molar-refractivity contribution in [2.75, 3.05) is 13.7 Å². The zero-order valence-electron chi connectivity index (χ0n) is 14.4. The molecule has 25 heavy (non-hydrogen) atoms. The molecule has 0 amide bonds. The number of ether oxygens (including phenoxy) is 1. The van der Waals surface area contributed by atoms with Gasteiger partial charge in [-0.15, -0.1) is 0 Å². The zero-order valence-corrected chi connectivity index (χ0v) is 14.4. The average molecular weight is 334 g/mol. The largest absolute Gasteiger partial charge is 0.496 e. The van der Waals surface area contributed by atoms with Crippen LogP contribution in [0.1, 0.15) is 16.7 Å². The summed E-state index contributed by atoms with van der Waals surface area (Å²) in [7, 11) is 1.68. The van der Waals surface area contributed by atoms with E-state index in [0.29, 0.717) is 6.54 Å². The molecule has 0 radical (unpaired) electrons. The second-order valence-electron chi connectivity index (χ2n) is 6.10. The number of nitrogens with two attached hydrogens (primary N) is 1. The minimum absolute atomic E-state index is 0.527. The molecule has 3 nitrogen and oxygen atoms in total. The Morgan fingerprint density at radius 1 is 0.800 bits per heavy atom. The molecule has 0 saturated carbocycles. The monoisotopic (exact) mass is 334 g/mol. The predicted molar refractivity (Wildman–Crippen MR) is 99.4 cm³/mol. The molecule has 0 bridgehead atoms. The van der Waals surface area contributed by atoms with E-state index < -0.39 is 5.60 Å². The third kappa shape index (κ3) is 3.90. The van der Waals surface area contributed by atoms with Gasteiger partial charge >= 0.3 is 0 Å². The van der Waals surface area contributed by atoms with E-state index in [1.54, 1.807) is 7.11 Å². The third-order valence-electron chi connectivity index (χ3n) is 4.50. The second-order valence-corrected chi connectivity index (χ2v) is 6.10. The highest BCUT2D eigenvalue weighted by Crippen LogP contribution is 2.28. The summed E-state index contributed by atoms with van der Waals surface area (Å²) in [5, 5.41) is 13.6. The Balaban J connectivity index is 1.82. The fourth-order valence-electron chi connectivity index (χ4n) is 3.14. The van der Waals surface area contributed by atoms with Gasteiger partial charge in [0, 0.05) is 5.56 Å². The first kappa shape index (κ1) is 17.2. The third-order valence-corrected chi connectivity index (χ3v) is 4.50. The van der Waals surface area contributed by atoms with Gasteiger partial charge in [0.25, 0.3) is 0 Å². The Labute approximate surface area is 148 Å². The van der Waals surface area contributed by atoms with Gasteiger partial charge in [0.1, 0.15) is 18.8 Å². The summed E-state index contributed by atoms with van der Waals surface area (Å²) in [5.41, 5.74) is 1.88. The van der Waals surface area contributed by atoms with E-state index >= 15 is 0 Å². The molecular formula is C22H24NO2+. The van der Waals surface area contributed by atoms with Crippen LogP contribution in [0.25, 0.3) is 0 Å². The number of aliphatic hydroxyl groups is 1. The van der Waals surface area contributed by atoms with Gasteiger partial charge in [-0.05, 0) is 23.3 Å². The van der Waals surface area contributed by atoms with Crippen LogP contribution in [-0.4, -0.2) is 18.8 Å². The maximum Gasteiger partial charge on any atom is 0.163 e. The smallest absolute Gasteiger partial charge is 0.163 e. The number of para-hydroxylation sites is 1. The van der Waals surface area contributed by atoms with Crippen LogP contribution in [0.3, 0.4) is 0 Å². The fourth-order valence-corrected chi connectivity index (χ4v) is 3.14. The Morgan fingerprint density at radius 3 is 1.88 bits per heavy atom. The van der Waals surface area contributed by atoms with Gasteiger partial charge in [0.15, 0.2) is 5.60 Å².